The lowest BCUT2D eigenvalue weighted by molar-refractivity contribution is -0.137. The predicted octanol–water partition coefficient (Wildman–Crippen LogP) is 3.80. The Morgan fingerprint density at radius 3 is 2.60 bits per heavy atom. The molecule has 1 N–H and O–H groups in total. The first-order valence-electron chi connectivity index (χ1n) is 5.83. The Bertz CT molecular complexity index is 573. The molecule has 0 aliphatic carbocycles. The normalized spacial score (nSPS) is 11.4. The summed E-state index contributed by atoms with van der Waals surface area (Å²) in [4.78, 5) is 7.83. The van der Waals surface area contributed by atoms with E-state index >= 15 is 0 Å². The zero-order valence-electron chi connectivity index (χ0n) is 10.3. The lowest BCUT2D eigenvalue weighted by Gasteiger charge is -2.10. The fraction of sp³-hybridized carbons (Fsp3) is 0.231. The second-order valence-corrected chi connectivity index (χ2v) is 4.46. The van der Waals surface area contributed by atoms with Crippen LogP contribution in [0.5, 0.6) is 0 Å². The first-order valence-corrected chi connectivity index (χ1v) is 6.21. The molecule has 0 radical (unpaired) electrons. The van der Waals surface area contributed by atoms with Crippen LogP contribution in [0, 0.1) is 0 Å². The highest BCUT2D eigenvalue weighted by Gasteiger charge is 2.31. The average molecular weight is 302 g/mol. The van der Waals surface area contributed by atoms with E-state index in [4.69, 9.17) is 11.6 Å². The van der Waals surface area contributed by atoms with Crippen molar-refractivity contribution in [3.8, 4) is 0 Å². The van der Waals surface area contributed by atoms with Crippen LogP contribution >= 0.6 is 11.6 Å². The number of hydrogen-bond acceptors (Lipinski definition) is 3. The second-order valence-electron chi connectivity index (χ2n) is 4.05. The highest BCUT2D eigenvalue weighted by Crippen LogP contribution is 2.32. The van der Waals surface area contributed by atoms with Crippen molar-refractivity contribution in [2.45, 2.75) is 12.6 Å². The van der Waals surface area contributed by atoms with Gasteiger partial charge in [-0.3, -0.25) is 4.98 Å². The summed E-state index contributed by atoms with van der Waals surface area (Å²) in [6, 6.07) is 6.40. The van der Waals surface area contributed by atoms with E-state index in [-0.39, 0.29) is 10.8 Å². The number of hydrogen-bond donors (Lipinski definition) is 1. The Morgan fingerprint density at radius 2 is 2.00 bits per heavy atom. The Balaban J connectivity index is 1.97. The summed E-state index contributed by atoms with van der Waals surface area (Å²) >= 11 is 5.78. The number of rotatable bonds is 4. The number of aromatic nitrogens is 2. The van der Waals surface area contributed by atoms with E-state index in [0.717, 1.165) is 18.0 Å². The molecule has 3 nitrogen and oxygen atoms in total. The van der Waals surface area contributed by atoms with Gasteiger partial charge in [-0.1, -0.05) is 17.7 Å². The number of nitrogens with zero attached hydrogens (tertiary/aromatic N) is 2. The van der Waals surface area contributed by atoms with Gasteiger partial charge < -0.3 is 5.32 Å². The van der Waals surface area contributed by atoms with Gasteiger partial charge in [-0.15, -0.1) is 0 Å². The standard InChI is InChI=1S/C13H11ClF3N3/c14-11-7-9(13(15,16)17)8-20-12(11)19-6-4-10-3-1-2-5-18-10/h1-3,5,7-8H,4,6H2,(H,19,20). The van der Waals surface area contributed by atoms with Gasteiger partial charge in [0.15, 0.2) is 0 Å². The Morgan fingerprint density at radius 1 is 1.20 bits per heavy atom. The van der Waals surface area contributed by atoms with E-state index in [1.807, 2.05) is 18.2 Å². The van der Waals surface area contributed by atoms with Crippen molar-refractivity contribution in [2.75, 3.05) is 11.9 Å². The monoisotopic (exact) mass is 301 g/mol. The quantitative estimate of drug-likeness (QED) is 0.933. The minimum Gasteiger partial charge on any atom is -0.368 e. The molecule has 2 aromatic heterocycles. The molecule has 20 heavy (non-hydrogen) atoms. The number of anilines is 1. The molecule has 0 spiro atoms. The molecule has 0 bridgehead atoms. The third-order valence-corrected chi connectivity index (χ3v) is 2.86. The maximum absolute atomic E-state index is 12.4. The van der Waals surface area contributed by atoms with Crippen LogP contribution in [-0.2, 0) is 12.6 Å². The topological polar surface area (TPSA) is 37.8 Å². The largest absolute Gasteiger partial charge is 0.417 e. The molecule has 0 saturated carbocycles. The van der Waals surface area contributed by atoms with Crippen molar-refractivity contribution in [2.24, 2.45) is 0 Å². The fourth-order valence-electron chi connectivity index (χ4n) is 1.58. The van der Waals surface area contributed by atoms with Crippen LogP contribution in [0.1, 0.15) is 11.3 Å². The van der Waals surface area contributed by atoms with Crippen molar-refractivity contribution >= 4 is 17.4 Å². The van der Waals surface area contributed by atoms with E-state index < -0.39 is 11.7 Å². The molecule has 2 rings (SSSR count). The van der Waals surface area contributed by atoms with E-state index in [9.17, 15) is 13.2 Å². The summed E-state index contributed by atoms with van der Waals surface area (Å²) in [5, 5.41) is 2.83. The number of nitrogens with one attached hydrogen (secondary N) is 1. The Labute approximate surface area is 118 Å². The summed E-state index contributed by atoms with van der Waals surface area (Å²) < 4.78 is 37.3. The summed E-state index contributed by atoms with van der Waals surface area (Å²) in [6.07, 6.45) is -1.38. The number of pyridine rings is 2. The average Bonchev–Trinajstić information content (AvgIpc) is 2.40. The highest BCUT2D eigenvalue weighted by atomic mass is 35.5. The van der Waals surface area contributed by atoms with Crippen LogP contribution in [0.25, 0.3) is 0 Å². The summed E-state index contributed by atoms with van der Waals surface area (Å²) in [6.45, 7) is 0.481. The number of alkyl halides is 3. The molecule has 0 atom stereocenters. The molecular weight excluding hydrogens is 291 g/mol. The van der Waals surface area contributed by atoms with Crippen LogP contribution in [0.15, 0.2) is 36.7 Å². The molecular formula is C13H11ClF3N3. The molecule has 0 aliphatic heterocycles. The molecule has 106 valence electrons. The van der Waals surface area contributed by atoms with Gasteiger partial charge in [0.1, 0.15) is 5.82 Å². The van der Waals surface area contributed by atoms with Crippen molar-refractivity contribution in [1.29, 1.82) is 0 Å². The van der Waals surface area contributed by atoms with Crippen LogP contribution < -0.4 is 5.32 Å². The van der Waals surface area contributed by atoms with Gasteiger partial charge in [0, 0.05) is 31.1 Å². The second kappa shape index (κ2) is 6.09. The molecule has 0 amide bonds. The minimum atomic E-state index is -4.44. The van der Waals surface area contributed by atoms with E-state index in [1.165, 1.54) is 0 Å². The fourth-order valence-corrected chi connectivity index (χ4v) is 1.81. The summed E-state index contributed by atoms with van der Waals surface area (Å²) in [5.41, 5.74) is 0.0146. The van der Waals surface area contributed by atoms with Gasteiger partial charge in [-0.2, -0.15) is 13.2 Å². The van der Waals surface area contributed by atoms with E-state index in [0.29, 0.717) is 13.0 Å². The van der Waals surface area contributed by atoms with Crippen LogP contribution in [0.4, 0.5) is 19.0 Å². The van der Waals surface area contributed by atoms with Crippen LogP contribution in [0.3, 0.4) is 0 Å². The molecule has 0 unspecified atom stereocenters. The molecule has 0 aromatic carbocycles. The minimum absolute atomic E-state index is 0.0548. The molecule has 2 aromatic rings. The maximum atomic E-state index is 12.4. The Kier molecular flexibility index (Phi) is 4.44. The molecule has 0 aliphatic rings. The smallest absolute Gasteiger partial charge is 0.368 e. The van der Waals surface area contributed by atoms with E-state index in [2.05, 4.69) is 15.3 Å². The third kappa shape index (κ3) is 3.84. The molecule has 0 fully saturated rings. The SMILES string of the molecule is FC(F)(F)c1cnc(NCCc2ccccn2)c(Cl)c1. The zero-order chi connectivity index (χ0) is 14.6. The Hall–Kier alpha value is -1.82. The lowest BCUT2D eigenvalue weighted by atomic mass is 10.2. The number of halogens is 4. The van der Waals surface area contributed by atoms with Gasteiger partial charge >= 0.3 is 6.18 Å². The van der Waals surface area contributed by atoms with Crippen LogP contribution in [-0.4, -0.2) is 16.5 Å². The third-order valence-electron chi connectivity index (χ3n) is 2.57. The molecule has 7 heteroatoms. The summed E-state index contributed by atoms with van der Waals surface area (Å²) in [5.74, 6) is 0.232. The molecule has 2 heterocycles. The van der Waals surface area contributed by atoms with Crippen molar-refractivity contribution in [1.82, 2.24) is 9.97 Å². The van der Waals surface area contributed by atoms with Gasteiger partial charge in [0.25, 0.3) is 0 Å². The van der Waals surface area contributed by atoms with Gasteiger partial charge in [0.2, 0.25) is 0 Å². The summed E-state index contributed by atoms with van der Waals surface area (Å²) in [7, 11) is 0. The molecule has 0 saturated heterocycles. The highest BCUT2D eigenvalue weighted by molar-refractivity contribution is 6.32. The first kappa shape index (κ1) is 14.6. The maximum Gasteiger partial charge on any atom is 0.417 e. The van der Waals surface area contributed by atoms with Crippen molar-refractivity contribution in [3.05, 3.63) is 52.9 Å². The van der Waals surface area contributed by atoms with Gasteiger partial charge in [-0.25, -0.2) is 4.98 Å². The lowest BCUT2D eigenvalue weighted by Crippen LogP contribution is -2.10. The zero-order valence-corrected chi connectivity index (χ0v) is 11.0. The predicted molar refractivity (Wildman–Crippen MR) is 70.7 cm³/mol. The van der Waals surface area contributed by atoms with Gasteiger partial charge in [-0.05, 0) is 18.2 Å². The van der Waals surface area contributed by atoms with Crippen molar-refractivity contribution in [3.63, 3.8) is 0 Å². The van der Waals surface area contributed by atoms with Gasteiger partial charge in [0.05, 0.1) is 10.6 Å². The van der Waals surface area contributed by atoms with E-state index in [1.54, 1.807) is 6.20 Å². The van der Waals surface area contributed by atoms with Crippen LogP contribution in [0.2, 0.25) is 5.02 Å². The first-order chi connectivity index (χ1) is 9.47. The van der Waals surface area contributed by atoms with Crippen molar-refractivity contribution < 1.29 is 13.2 Å².